The summed E-state index contributed by atoms with van der Waals surface area (Å²) in [6.45, 7) is 0.811. The van der Waals surface area contributed by atoms with Crippen molar-refractivity contribution in [3.63, 3.8) is 0 Å². The van der Waals surface area contributed by atoms with Gasteiger partial charge >= 0.3 is 0 Å². The average Bonchev–Trinajstić information content (AvgIpc) is 2.42. The van der Waals surface area contributed by atoms with Crippen LogP contribution >= 0.6 is 0 Å². The second-order valence-corrected chi connectivity index (χ2v) is 5.14. The Hall–Kier alpha value is -1.55. The molecule has 0 aromatic heterocycles. The lowest BCUT2D eigenvalue weighted by atomic mass is 9.96. The highest BCUT2D eigenvalue weighted by Crippen LogP contribution is 2.28. The minimum absolute atomic E-state index is 0.0279. The molecule has 1 atom stereocenters. The van der Waals surface area contributed by atoms with Gasteiger partial charge in [-0.25, -0.2) is 0 Å². The Labute approximate surface area is 114 Å². The van der Waals surface area contributed by atoms with Gasteiger partial charge in [-0.15, -0.1) is 0 Å². The quantitative estimate of drug-likeness (QED) is 0.770. The molecule has 1 amide bonds. The van der Waals surface area contributed by atoms with Crippen LogP contribution in [0.2, 0.25) is 0 Å². The predicted octanol–water partition coefficient (Wildman–Crippen LogP) is 2.06. The van der Waals surface area contributed by atoms with Crippen LogP contribution in [0.25, 0.3) is 0 Å². The lowest BCUT2D eigenvalue weighted by Gasteiger charge is -2.20. The Morgan fingerprint density at radius 1 is 1.37 bits per heavy atom. The standard InChI is InChI=1S/C15H22N2O2/c16-13(5-1-2-6-15(17)18)11-7-8-14-12(10-11)4-3-9-19-14/h7-8,10,13H,1-6,9,16H2,(H2,17,18). The summed E-state index contributed by atoms with van der Waals surface area (Å²) in [4.78, 5) is 10.7. The monoisotopic (exact) mass is 262 g/mol. The van der Waals surface area contributed by atoms with Crippen LogP contribution in [0, 0.1) is 0 Å². The molecule has 1 heterocycles. The number of primary amides is 1. The number of aryl methyl sites for hydroxylation is 1. The summed E-state index contributed by atoms with van der Waals surface area (Å²) in [5.74, 6) is 0.760. The Kier molecular flexibility index (Phi) is 4.80. The van der Waals surface area contributed by atoms with E-state index in [9.17, 15) is 4.79 Å². The maximum atomic E-state index is 10.7. The van der Waals surface area contributed by atoms with Gasteiger partial charge in [-0.1, -0.05) is 18.6 Å². The van der Waals surface area contributed by atoms with E-state index in [0.29, 0.717) is 6.42 Å². The third kappa shape index (κ3) is 3.96. The van der Waals surface area contributed by atoms with Gasteiger partial charge in [0.15, 0.2) is 0 Å². The zero-order valence-electron chi connectivity index (χ0n) is 11.2. The van der Waals surface area contributed by atoms with Crippen LogP contribution in [0.4, 0.5) is 0 Å². The van der Waals surface area contributed by atoms with Crippen LogP contribution in [0.3, 0.4) is 0 Å². The first-order chi connectivity index (χ1) is 9.16. The lowest BCUT2D eigenvalue weighted by Crippen LogP contribution is -2.14. The number of carbonyl (C=O) groups excluding carboxylic acids is 1. The van der Waals surface area contributed by atoms with E-state index < -0.39 is 0 Å². The topological polar surface area (TPSA) is 78.3 Å². The van der Waals surface area contributed by atoms with E-state index in [1.54, 1.807) is 0 Å². The first-order valence-electron chi connectivity index (χ1n) is 6.96. The second-order valence-electron chi connectivity index (χ2n) is 5.14. The molecule has 1 unspecified atom stereocenters. The zero-order chi connectivity index (χ0) is 13.7. The largest absolute Gasteiger partial charge is 0.493 e. The summed E-state index contributed by atoms with van der Waals surface area (Å²) in [7, 11) is 0. The SMILES string of the molecule is NC(=O)CCCCC(N)c1ccc2c(c1)CCCO2. The van der Waals surface area contributed by atoms with Crippen molar-refractivity contribution in [3.05, 3.63) is 29.3 Å². The number of fused-ring (bicyclic) bond motifs is 1. The number of benzene rings is 1. The number of ether oxygens (including phenoxy) is 1. The van der Waals surface area contributed by atoms with Crippen molar-refractivity contribution in [1.82, 2.24) is 0 Å². The summed E-state index contributed by atoms with van der Waals surface area (Å²) in [6.07, 6.45) is 5.22. The first kappa shape index (κ1) is 13.9. The molecule has 19 heavy (non-hydrogen) atoms. The molecule has 4 N–H and O–H groups in total. The predicted molar refractivity (Wildman–Crippen MR) is 74.8 cm³/mol. The van der Waals surface area contributed by atoms with Gasteiger partial charge in [0.25, 0.3) is 0 Å². The third-order valence-electron chi connectivity index (χ3n) is 3.55. The number of hydrogen-bond donors (Lipinski definition) is 2. The number of hydrogen-bond acceptors (Lipinski definition) is 3. The van der Waals surface area contributed by atoms with Crippen molar-refractivity contribution in [1.29, 1.82) is 0 Å². The molecule has 1 aliphatic heterocycles. The van der Waals surface area contributed by atoms with E-state index in [1.165, 1.54) is 5.56 Å². The molecular weight excluding hydrogens is 240 g/mol. The number of unbranched alkanes of at least 4 members (excludes halogenated alkanes) is 1. The van der Waals surface area contributed by atoms with Gasteiger partial charge in [-0.2, -0.15) is 0 Å². The highest BCUT2D eigenvalue weighted by Gasteiger charge is 2.13. The van der Waals surface area contributed by atoms with Crippen molar-refractivity contribution in [3.8, 4) is 5.75 Å². The molecule has 0 fully saturated rings. The van der Waals surface area contributed by atoms with E-state index in [-0.39, 0.29) is 11.9 Å². The molecule has 0 radical (unpaired) electrons. The summed E-state index contributed by atoms with van der Waals surface area (Å²) in [5, 5.41) is 0. The van der Waals surface area contributed by atoms with Gasteiger partial charge < -0.3 is 16.2 Å². The van der Waals surface area contributed by atoms with Crippen LogP contribution < -0.4 is 16.2 Å². The van der Waals surface area contributed by atoms with Crippen LogP contribution in [-0.4, -0.2) is 12.5 Å². The smallest absolute Gasteiger partial charge is 0.217 e. The lowest BCUT2D eigenvalue weighted by molar-refractivity contribution is -0.118. The summed E-state index contributed by atoms with van der Waals surface area (Å²) in [5.41, 5.74) is 13.7. The number of carbonyl (C=O) groups is 1. The Bertz CT molecular complexity index is 446. The summed E-state index contributed by atoms with van der Waals surface area (Å²) >= 11 is 0. The van der Waals surface area contributed by atoms with Crippen molar-refractivity contribution in [2.24, 2.45) is 11.5 Å². The van der Waals surface area contributed by atoms with Crippen molar-refractivity contribution < 1.29 is 9.53 Å². The molecule has 0 saturated carbocycles. The molecule has 4 heteroatoms. The maximum absolute atomic E-state index is 10.7. The van der Waals surface area contributed by atoms with Gasteiger partial charge in [0, 0.05) is 12.5 Å². The molecule has 0 saturated heterocycles. The van der Waals surface area contributed by atoms with E-state index >= 15 is 0 Å². The number of nitrogens with two attached hydrogens (primary N) is 2. The molecule has 4 nitrogen and oxygen atoms in total. The van der Waals surface area contributed by atoms with Crippen molar-refractivity contribution in [2.75, 3.05) is 6.61 Å². The average molecular weight is 262 g/mol. The van der Waals surface area contributed by atoms with Gasteiger partial charge in [-0.3, -0.25) is 4.79 Å². The minimum atomic E-state index is -0.237. The van der Waals surface area contributed by atoms with Crippen LogP contribution in [0.1, 0.15) is 49.3 Å². The molecule has 0 spiro atoms. The Balaban J connectivity index is 1.88. The van der Waals surface area contributed by atoms with Gasteiger partial charge in [0.2, 0.25) is 5.91 Å². The summed E-state index contributed by atoms with van der Waals surface area (Å²) < 4.78 is 5.59. The van der Waals surface area contributed by atoms with Gasteiger partial charge in [-0.05, 0) is 42.9 Å². The minimum Gasteiger partial charge on any atom is -0.493 e. The van der Waals surface area contributed by atoms with Gasteiger partial charge in [0.1, 0.15) is 5.75 Å². The number of amides is 1. The first-order valence-corrected chi connectivity index (χ1v) is 6.96. The van der Waals surface area contributed by atoms with Crippen molar-refractivity contribution >= 4 is 5.91 Å². The molecule has 104 valence electrons. The zero-order valence-corrected chi connectivity index (χ0v) is 11.2. The number of rotatable bonds is 6. The van der Waals surface area contributed by atoms with E-state index in [0.717, 1.165) is 50.0 Å². The highest BCUT2D eigenvalue weighted by molar-refractivity contribution is 5.73. The highest BCUT2D eigenvalue weighted by atomic mass is 16.5. The molecule has 1 aliphatic rings. The van der Waals surface area contributed by atoms with E-state index in [1.807, 2.05) is 12.1 Å². The molecule has 0 bridgehead atoms. The fourth-order valence-electron chi connectivity index (χ4n) is 2.44. The van der Waals surface area contributed by atoms with Crippen LogP contribution in [-0.2, 0) is 11.2 Å². The molecule has 0 aliphatic carbocycles. The third-order valence-corrected chi connectivity index (χ3v) is 3.55. The Morgan fingerprint density at radius 3 is 3.00 bits per heavy atom. The molecule has 1 aromatic carbocycles. The second kappa shape index (κ2) is 6.57. The van der Waals surface area contributed by atoms with Crippen LogP contribution in [0.5, 0.6) is 5.75 Å². The molecule has 1 aromatic rings. The van der Waals surface area contributed by atoms with Crippen LogP contribution in [0.15, 0.2) is 18.2 Å². The van der Waals surface area contributed by atoms with Crippen molar-refractivity contribution in [2.45, 2.75) is 44.6 Å². The van der Waals surface area contributed by atoms with E-state index in [2.05, 4.69) is 6.07 Å². The Morgan fingerprint density at radius 2 is 2.21 bits per heavy atom. The fraction of sp³-hybridized carbons (Fsp3) is 0.533. The normalized spacial score (nSPS) is 15.4. The maximum Gasteiger partial charge on any atom is 0.217 e. The molecule has 2 rings (SSSR count). The fourth-order valence-corrected chi connectivity index (χ4v) is 2.44. The summed E-state index contributed by atoms with van der Waals surface area (Å²) in [6, 6.07) is 6.25. The molecular formula is C15H22N2O2. The van der Waals surface area contributed by atoms with E-state index in [4.69, 9.17) is 16.2 Å². The van der Waals surface area contributed by atoms with Gasteiger partial charge in [0.05, 0.1) is 6.61 Å².